The molecule has 1 aliphatic carbocycles. The Hall–Kier alpha value is -2.86. The van der Waals surface area contributed by atoms with Crippen molar-refractivity contribution < 1.29 is 19.1 Å². The highest BCUT2D eigenvalue weighted by atomic mass is 32.1. The molecule has 0 fully saturated rings. The van der Waals surface area contributed by atoms with Gasteiger partial charge in [-0.05, 0) is 42.3 Å². The van der Waals surface area contributed by atoms with Crippen molar-refractivity contribution in [2.45, 2.75) is 39.5 Å². The van der Waals surface area contributed by atoms with Gasteiger partial charge in [0.05, 0.1) is 11.5 Å². The molecule has 4 rings (SSSR count). The molecule has 162 valence electrons. The Balaban J connectivity index is 1.54. The van der Waals surface area contributed by atoms with Crippen LogP contribution in [-0.2, 0) is 14.3 Å². The number of ether oxygens (including phenoxy) is 2. The number of rotatable bonds is 6. The van der Waals surface area contributed by atoms with E-state index in [1.165, 1.54) is 0 Å². The molecule has 0 unspecified atom stereocenters. The summed E-state index contributed by atoms with van der Waals surface area (Å²) in [5.74, 6) is 0.0314. The van der Waals surface area contributed by atoms with Gasteiger partial charge < -0.3 is 14.8 Å². The van der Waals surface area contributed by atoms with Crippen LogP contribution in [0.1, 0.15) is 44.4 Å². The van der Waals surface area contributed by atoms with Crippen LogP contribution >= 0.6 is 11.3 Å². The zero-order valence-corrected chi connectivity index (χ0v) is 18.9. The van der Waals surface area contributed by atoms with Crippen molar-refractivity contribution in [3.05, 3.63) is 75.3 Å². The van der Waals surface area contributed by atoms with E-state index < -0.39 is 5.97 Å². The van der Waals surface area contributed by atoms with Crippen molar-refractivity contribution in [3.63, 3.8) is 0 Å². The van der Waals surface area contributed by atoms with Gasteiger partial charge in [0.15, 0.2) is 5.78 Å². The number of hydrogen-bond acceptors (Lipinski definition) is 6. The van der Waals surface area contributed by atoms with Gasteiger partial charge in [-0.25, -0.2) is 4.79 Å². The summed E-state index contributed by atoms with van der Waals surface area (Å²) in [7, 11) is 0. The number of para-hydroxylation sites is 1. The normalized spacial score (nSPS) is 20.2. The van der Waals surface area contributed by atoms with E-state index in [2.05, 4.69) is 19.2 Å². The number of nitrogens with one attached hydrogen (secondary N) is 1. The third-order valence-electron chi connectivity index (χ3n) is 5.62. The summed E-state index contributed by atoms with van der Waals surface area (Å²) < 4.78 is 11.2. The van der Waals surface area contributed by atoms with E-state index in [9.17, 15) is 9.59 Å². The van der Waals surface area contributed by atoms with Gasteiger partial charge in [-0.2, -0.15) is 0 Å². The average Bonchev–Trinajstić information content (AvgIpc) is 3.24. The molecule has 1 aromatic carbocycles. The molecule has 1 aliphatic heterocycles. The Labute approximate surface area is 186 Å². The predicted octanol–water partition coefficient (Wildman–Crippen LogP) is 4.97. The monoisotopic (exact) mass is 437 g/mol. The summed E-state index contributed by atoms with van der Waals surface area (Å²) in [6, 6.07) is 13.3. The second kappa shape index (κ2) is 8.71. The number of hydrogen-bond donors (Lipinski definition) is 1. The molecule has 1 N–H and O–H groups in total. The van der Waals surface area contributed by atoms with Crippen molar-refractivity contribution in [2.75, 3.05) is 13.2 Å². The number of benzene rings is 1. The lowest BCUT2D eigenvalue weighted by molar-refractivity contribution is -0.140. The lowest BCUT2D eigenvalue weighted by Crippen LogP contribution is -2.38. The number of ketones is 1. The molecule has 0 saturated heterocycles. The summed E-state index contributed by atoms with van der Waals surface area (Å²) in [6.45, 7) is 6.49. The fourth-order valence-corrected chi connectivity index (χ4v) is 5.18. The van der Waals surface area contributed by atoms with Crippen molar-refractivity contribution in [1.29, 1.82) is 0 Å². The SMILES string of the molecule is CC1=C(C(=O)OCCOc2ccccc2)[C@@H](c2cccs2)C2=C(CC(C)(C)CC2=O)N1. The molecule has 0 radical (unpaired) electrons. The van der Waals surface area contributed by atoms with E-state index in [-0.39, 0.29) is 30.3 Å². The second-order valence-corrected chi connectivity index (χ2v) is 9.72. The number of Topliss-reactive ketones (excluding diaryl/α,β-unsaturated/α-hetero) is 1. The van der Waals surface area contributed by atoms with E-state index >= 15 is 0 Å². The first-order chi connectivity index (χ1) is 14.9. The minimum absolute atomic E-state index is 0.0994. The lowest BCUT2D eigenvalue weighted by atomic mass is 9.70. The maximum absolute atomic E-state index is 13.2. The zero-order chi connectivity index (χ0) is 22.0. The largest absolute Gasteiger partial charge is 0.490 e. The van der Waals surface area contributed by atoms with Gasteiger partial charge in [0.25, 0.3) is 0 Å². The van der Waals surface area contributed by atoms with E-state index in [0.29, 0.717) is 17.6 Å². The minimum atomic E-state index is -0.413. The highest BCUT2D eigenvalue weighted by molar-refractivity contribution is 7.10. The molecule has 2 aliphatic rings. The van der Waals surface area contributed by atoms with Crippen LogP contribution in [0.15, 0.2) is 70.4 Å². The van der Waals surface area contributed by atoms with E-state index in [0.717, 1.165) is 28.4 Å². The van der Waals surface area contributed by atoms with E-state index in [4.69, 9.17) is 9.47 Å². The van der Waals surface area contributed by atoms with Crippen LogP contribution in [0, 0.1) is 5.41 Å². The molecule has 0 bridgehead atoms. The van der Waals surface area contributed by atoms with E-state index in [1.807, 2.05) is 54.8 Å². The number of thiophene rings is 1. The molecule has 2 aromatic rings. The Morgan fingerprint density at radius 1 is 1.13 bits per heavy atom. The van der Waals surface area contributed by atoms with Crippen LogP contribution in [0.3, 0.4) is 0 Å². The molecule has 1 aromatic heterocycles. The first-order valence-corrected chi connectivity index (χ1v) is 11.4. The number of carbonyl (C=O) groups is 2. The first-order valence-electron chi connectivity index (χ1n) is 10.5. The van der Waals surface area contributed by atoms with Gasteiger partial charge in [-0.1, -0.05) is 38.1 Å². The Morgan fingerprint density at radius 2 is 1.90 bits per heavy atom. The Bertz CT molecular complexity index is 1030. The van der Waals surface area contributed by atoms with Crippen molar-refractivity contribution >= 4 is 23.1 Å². The summed E-state index contributed by atoms with van der Waals surface area (Å²) >= 11 is 1.56. The number of allylic oxidation sites excluding steroid dienone is 3. The highest BCUT2D eigenvalue weighted by Gasteiger charge is 2.43. The topological polar surface area (TPSA) is 64.6 Å². The summed E-state index contributed by atoms with van der Waals surface area (Å²) in [4.78, 5) is 27.3. The van der Waals surface area contributed by atoms with Gasteiger partial charge in [0.2, 0.25) is 0 Å². The molecular formula is C25H27NO4S. The maximum atomic E-state index is 13.2. The quantitative estimate of drug-likeness (QED) is 0.510. The smallest absolute Gasteiger partial charge is 0.336 e. The molecule has 1 atom stereocenters. The third kappa shape index (κ3) is 4.59. The van der Waals surface area contributed by atoms with Crippen molar-refractivity contribution in [3.8, 4) is 5.75 Å². The Kier molecular flexibility index (Phi) is 6.01. The first kappa shape index (κ1) is 21.4. The second-order valence-electron chi connectivity index (χ2n) is 8.74. The fraction of sp³-hybridized carbons (Fsp3) is 0.360. The molecular weight excluding hydrogens is 410 g/mol. The summed E-state index contributed by atoms with van der Waals surface area (Å²) in [6.07, 6.45) is 1.25. The maximum Gasteiger partial charge on any atom is 0.336 e. The predicted molar refractivity (Wildman–Crippen MR) is 121 cm³/mol. The highest BCUT2D eigenvalue weighted by Crippen LogP contribution is 2.47. The third-order valence-corrected chi connectivity index (χ3v) is 6.55. The number of esters is 1. The molecule has 2 heterocycles. The van der Waals surface area contributed by atoms with Crippen LogP contribution in [-0.4, -0.2) is 25.0 Å². The van der Waals surface area contributed by atoms with Crippen LogP contribution in [0.2, 0.25) is 0 Å². The summed E-state index contributed by atoms with van der Waals surface area (Å²) in [5.41, 5.74) is 2.79. The van der Waals surface area contributed by atoms with Gasteiger partial charge in [0, 0.05) is 28.3 Å². The fourth-order valence-electron chi connectivity index (χ4n) is 4.34. The summed E-state index contributed by atoms with van der Waals surface area (Å²) in [5, 5.41) is 5.33. The van der Waals surface area contributed by atoms with Crippen molar-refractivity contribution in [1.82, 2.24) is 5.32 Å². The van der Waals surface area contributed by atoms with Crippen LogP contribution in [0.5, 0.6) is 5.75 Å². The molecule has 31 heavy (non-hydrogen) atoms. The van der Waals surface area contributed by atoms with Crippen LogP contribution < -0.4 is 10.1 Å². The molecule has 6 heteroatoms. The average molecular weight is 438 g/mol. The van der Waals surface area contributed by atoms with Gasteiger partial charge in [-0.15, -0.1) is 11.3 Å². The standard InChI is InChI=1S/C25H27NO4S/c1-16-21(24(28)30-12-11-29-17-8-5-4-6-9-17)23(20-10-7-13-31-20)22-18(26-16)14-25(2,3)15-19(22)27/h4-10,13,23,26H,11-12,14-15H2,1-3H3/t23-/m1/s1. The van der Waals surface area contributed by atoms with Gasteiger partial charge in [-0.3, -0.25) is 4.79 Å². The molecule has 0 saturated carbocycles. The molecule has 5 nitrogen and oxygen atoms in total. The number of carbonyl (C=O) groups excluding carboxylic acids is 2. The minimum Gasteiger partial charge on any atom is -0.490 e. The van der Waals surface area contributed by atoms with Gasteiger partial charge >= 0.3 is 5.97 Å². The van der Waals surface area contributed by atoms with Crippen LogP contribution in [0.4, 0.5) is 0 Å². The lowest BCUT2D eigenvalue weighted by Gasteiger charge is -2.39. The van der Waals surface area contributed by atoms with Gasteiger partial charge in [0.1, 0.15) is 19.0 Å². The van der Waals surface area contributed by atoms with Crippen molar-refractivity contribution in [2.24, 2.45) is 5.41 Å². The zero-order valence-electron chi connectivity index (χ0n) is 18.1. The number of dihydropyridines is 1. The molecule has 0 amide bonds. The molecule has 0 spiro atoms. The van der Waals surface area contributed by atoms with E-state index in [1.54, 1.807) is 11.3 Å². The van der Waals surface area contributed by atoms with Crippen LogP contribution in [0.25, 0.3) is 0 Å². The Morgan fingerprint density at radius 3 is 2.61 bits per heavy atom.